The summed E-state index contributed by atoms with van der Waals surface area (Å²) in [7, 11) is 1.68. The van der Waals surface area contributed by atoms with Gasteiger partial charge in [0, 0.05) is 13.0 Å². The second kappa shape index (κ2) is 7.98. The fourth-order valence-corrected chi connectivity index (χ4v) is 2.85. The lowest BCUT2D eigenvalue weighted by Gasteiger charge is -2.27. The number of hydrogen-bond donors (Lipinski definition) is 2. The quantitative estimate of drug-likeness (QED) is 0.488. The number of aryl methyl sites for hydroxylation is 1. The van der Waals surface area contributed by atoms with Crippen molar-refractivity contribution in [2.75, 3.05) is 20.3 Å². The van der Waals surface area contributed by atoms with Gasteiger partial charge in [-0.05, 0) is 54.7 Å². The molecule has 0 radical (unpaired) electrons. The summed E-state index contributed by atoms with van der Waals surface area (Å²) in [6.45, 7) is 2.23. The van der Waals surface area contributed by atoms with E-state index in [2.05, 4.69) is 22.8 Å². The van der Waals surface area contributed by atoms with Gasteiger partial charge in [-0.3, -0.25) is 4.79 Å². The number of ether oxygens (including phenoxy) is 2. The van der Waals surface area contributed by atoms with Gasteiger partial charge in [0.1, 0.15) is 12.4 Å². The van der Waals surface area contributed by atoms with Crippen LogP contribution in [0.2, 0.25) is 0 Å². The van der Waals surface area contributed by atoms with E-state index >= 15 is 0 Å². The Bertz CT molecular complexity index is 548. The van der Waals surface area contributed by atoms with E-state index in [1.165, 1.54) is 18.1 Å². The number of benzene rings is 1. The third kappa shape index (κ3) is 4.87. The summed E-state index contributed by atoms with van der Waals surface area (Å²) in [6, 6.07) is 6.56. The van der Waals surface area contributed by atoms with Gasteiger partial charge in [0.05, 0.1) is 13.7 Å². The lowest BCUT2D eigenvalue weighted by Crippen LogP contribution is -2.45. The van der Waals surface area contributed by atoms with Crippen LogP contribution in [0.1, 0.15) is 24.5 Å². The maximum absolute atomic E-state index is 10.7. The van der Waals surface area contributed by atoms with Crippen LogP contribution in [0, 0.1) is 0 Å². The molecule has 5 nitrogen and oxygen atoms in total. The highest BCUT2D eigenvalue weighted by Gasteiger charge is 2.19. The molecule has 1 aromatic carbocycles. The van der Waals surface area contributed by atoms with Crippen LogP contribution in [0.4, 0.5) is 0 Å². The molecule has 1 aliphatic rings. The number of carbonyl (C=O) groups is 1. The molecule has 1 atom stereocenters. The summed E-state index contributed by atoms with van der Waals surface area (Å²) in [5.74, 6) is 0.611. The zero-order valence-corrected chi connectivity index (χ0v) is 13.8. The van der Waals surface area contributed by atoms with E-state index in [4.69, 9.17) is 21.7 Å². The number of esters is 1. The van der Waals surface area contributed by atoms with Gasteiger partial charge in [0.15, 0.2) is 5.11 Å². The Balaban J connectivity index is 1.79. The molecular formula is C16H22N2O3S. The molecule has 120 valence electrons. The largest absolute Gasteiger partial charge is 0.497 e. The van der Waals surface area contributed by atoms with Crippen LogP contribution in [0.15, 0.2) is 18.2 Å². The average molecular weight is 322 g/mol. The van der Waals surface area contributed by atoms with Crippen molar-refractivity contribution in [3.05, 3.63) is 29.3 Å². The van der Waals surface area contributed by atoms with Crippen LogP contribution in [0.5, 0.6) is 5.75 Å². The van der Waals surface area contributed by atoms with Gasteiger partial charge >= 0.3 is 5.97 Å². The van der Waals surface area contributed by atoms with E-state index in [-0.39, 0.29) is 5.97 Å². The standard InChI is InChI=1S/C16H22N2O3S/c1-11(19)21-8-7-17-16(22)18-14-5-3-12-4-6-15(20-2)10-13(12)9-14/h4,6,10,14H,3,5,7-9H2,1-2H3,(H2,17,18,22). The molecule has 0 aromatic heterocycles. The Morgan fingerprint density at radius 3 is 2.95 bits per heavy atom. The van der Waals surface area contributed by atoms with Crippen LogP contribution in [-0.4, -0.2) is 37.4 Å². The normalized spacial score (nSPS) is 16.4. The summed E-state index contributed by atoms with van der Waals surface area (Å²) in [4.78, 5) is 10.7. The highest BCUT2D eigenvalue weighted by molar-refractivity contribution is 7.80. The molecule has 22 heavy (non-hydrogen) atoms. The molecule has 0 bridgehead atoms. The molecule has 0 aliphatic heterocycles. The third-order valence-corrected chi connectivity index (χ3v) is 3.93. The first-order valence-corrected chi connectivity index (χ1v) is 7.83. The monoisotopic (exact) mass is 322 g/mol. The van der Waals surface area contributed by atoms with Crippen molar-refractivity contribution >= 4 is 23.3 Å². The summed E-state index contributed by atoms with van der Waals surface area (Å²) in [5, 5.41) is 6.98. The number of thiocarbonyl (C=S) groups is 1. The highest BCUT2D eigenvalue weighted by Crippen LogP contribution is 2.25. The molecule has 1 unspecified atom stereocenters. The average Bonchev–Trinajstić information content (AvgIpc) is 2.50. The molecular weight excluding hydrogens is 300 g/mol. The van der Waals surface area contributed by atoms with E-state index in [0.717, 1.165) is 25.0 Å². The topological polar surface area (TPSA) is 59.6 Å². The zero-order valence-electron chi connectivity index (χ0n) is 13.0. The molecule has 0 saturated heterocycles. The van der Waals surface area contributed by atoms with E-state index in [1.807, 2.05) is 6.07 Å². The van der Waals surface area contributed by atoms with Crippen LogP contribution in [0.3, 0.4) is 0 Å². The van der Waals surface area contributed by atoms with Crippen molar-refractivity contribution in [2.24, 2.45) is 0 Å². The maximum atomic E-state index is 10.7. The van der Waals surface area contributed by atoms with Gasteiger partial charge < -0.3 is 20.1 Å². The Morgan fingerprint density at radius 1 is 1.41 bits per heavy atom. The Labute approximate surface area is 136 Å². The molecule has 1 aliphatic carbocycles. The number of hydrogen-bond acceptors (Lipinski definition) is 4. The van der Waals surface area contributed by atoms with Gasteiger partial charge in [0.2, 0.25) is 0 Å². The zero-order chi connectivity index (χ0) is 15.9. The van der Waals surface area contributed by atoms with Crippen molar-refractivity contribution in [1.82, 2.24) is 10.6 Å². The van der Waals surface area contributed by atoms with Crippen molar-refractivity contribution in [1.29, 1.82) is 0 Å². The first-order chi connectivity index (χ1) is 10.6. The number of rotatable bonds is 5. The highest BCUT2D eigenvalue weighted by atomic mass is 32.1. The van der Waals surface area contributed by atoms with Crippen LogP contribution >= 0.6 is 12.2 Å². The second-order valence-electron chi connectivity index (χ2n) is 5.31. The summed E-state index contributed by atoms with van der Waals surface area (Å²) >= 11 is 5.27. The van der Waals surface area contributed by atoms with Gasteiger partial charge in [0.25, 0.3) is 0 Å². The summed E-state index contributed by atoms with van der Waals surface area (Å²) in [5.41, 5.74) is 2.69. The smallest absolute Gasteiger partial charge is 0.302 e. The minimum Gasteiger partial charge on any atom is -0.497 e. The SMILES string of the molecule is COc1ccc2c(c1)CC(NC(=S)NCCOC(C)=O)CC2. The fourth-order valence-electron chi connectivity index (χ4n) is 2.58. The predicted molar refractivity (Wildman–Crippen MR) is 89.2 cm³/mol. The molecule has 2 N–H and O–H groups in total. The number of nitrogens with one attached hydrogen (secondary N) is 2. The molecule has 1 aromatic rings. The molecule has 0 spiro atoms. The summed E-state index contributed by atoms with van der Waals surface area (Å²) < 4.78 is 10.1. The third-order valence-electron chi connectivity index (χ3n) is 3.67. The van der Waals surface area contributed by atoms with Crippen molar-refractivity contribution in [3.8, 4) is 5.75 Å². The van der Waals surface area contributed by atoms with E-state index in [9.17, 15) is 4.79 Å². The fraction of sp³-hybridized carbons (Fsp3) is 0.500. The van der Waals surface area contributed by atoms with Crippen molar-refractivity contribution in [2.45, 2.75) is 32.2 Å². The Hall–Kier alpha value is -1.82. The van der Waals surface area contributed by atoms with E-state index < -0.39 is 0 Å². The van der Waals surface area contributed by atoms with Gasteiger partial charge in [-0.25, -0.2) is 0 Å². The maximum Gasteiger partial charge on any atom is 0.302 e. The van der Waals surface area contributed by atoms with Gasteiger partial charge in [-0.1, -0.05) is 6.07 Å². The summed E-state index contributed by atoms with van der Waals surface area (Å²) in [6.07, 6.45) is 3.01. The molecule has 0 saturated carbocycles. The molecule has 2 rings (SSSR count). The minimum absolute atomic E-state index is 0.279. The number of fused-ring (bicyclic) bond motifs is 1. The lowest BCUT2D eigenvalue weighted by atomic mass is 9.88. The Kier molecular flexibility index (Phi) is 6.00. The minimum atomic E-state index is -0.279. The van der Waals surface area contributed by atoms with Crippen LogP contribution in [0.25, 0.3) is 0 Å². The molecule has 6 heteroatoms. The van der Waals surface area contributed by atoms with E-state index in [1.54, 1.807) is 7.11 Å². The van der Waals surface area contributed by atoms with Crippen molar-refractivity contribution < 1.29 is 14.3 Å². The Morgan fingerprint density at radius 2 is 2.23 bits per heavy atom. The van der Waals surface area contributed by atoms with Crippen LogP contribution in [-0.2, 0) is 22.4 Å². The van der Waals surface area contributed by atoms with Crippen molar-refractivity contribution in [3.63, 3.8) is 0 Å². The lowest BCUT2D eigenvalue weighted by molar-refractivity contribution is -0.140. The second-order valence-corrected chi connectivity index (χ2v) is 5.72. The first-order valence-electron chi connectivity index (χ1n) is 7.42. The van der Waals surface area contributed by atoms with E-state index in [0.29, 0.717) is 24.3 Å². The first kappa shape index (κ1) is 16.5. The molecule has 0 fully saturated rings. The van der Waals surface area contributed by atoms with Gasteiger partial charge in [-0.15, -0.1) is 0 Å². The number of methoxy groups -OCH3 is 1. The molecule has 0 heterocycles. The van der Waals surface area contributed by atoms with Gasteiger partial charge in [-0.2, -0.15) is 0 Å². The number of carbonyl (C=O) groups excluding carboxylic acids is 1. The molecule has 0 amide bonds. The van der Waals surface area contributed by atoms with Crippen LogP contribution < -0.4 is 15.4 Å². The predicted octanol–water partition coefficient (Wildman–Crippen LogP) is 1.58.